The van der Waals surface area contributed by atoms with E-state index >= 15 is 0 Å². The summed E-state index contributed by atoms with van der Waals surface area (Å²) in [4.78, 5) is 35.8. The van der Waals surface area contributed by atoms with E-state index in [1.807, 2.05) is 0 Å². The van der Waals surface area contributed by atoms with E-state index in [1.165, 1.54) is 116 Å². The minimum absolute atomic E-state index is 0.0590. The van der Waals surface area contributed by atoms with Crippen molar-refractivity contribution in [1.82, 2.24) is 10.6 Å². The minimum Gasteiger partial charge on any atom is -0.480 e. The third-order valence-corrected chi connectivity index (χ3v) is 7.65. The molecule has 0 aromatic rings. The van der Waals surface area contributed by atoms with E-state index < -0.39 is 12.0 Å². The largest absolute Gasteiger partial charge is 0.480 e. The standard InChI is InChI=1S/C33H64N2O4/c1-3-5-7-9-11-13-15-16-18-20-22-24-26-28-32(37)35-30(33(38)39)29-34-31(36)27-25-23-21-19-17-14-12-10-8-6-4-2/h30H,3-29H2,1-2H3,(H,34,36)(H,35,37)(H,38,39). The van der Waals surface area contributed by atoms with E-state index in [0.717, 1.165) is 38.5 Å². The Morgan fingerprint density at radius 3 is 1.13 bits per heavy atom. The third-order valence-electron chi connectivity index (χ3n) is 7.65. The number of hydrogen-bond acceptors (Lipinski definition) is 3. The smallest absolute Gasteiger partial charge is 0.328 e. The zero-order valence-electron chi connectivity index (χ0n) is 25.8. The molecule has 2 amide bonds. The molecule has 0 aliphatic carbocycles. The van der Waals surface area contributed by atoms with Crippen molar-refractivity contribution in [3.8, 4) is 0 Å². The van der Waals surface area contributed by atoms with Crippen molar-refractivity contribution in [2.45, 2.75) is 187 Å². The van der Waals surface area contributed by atoms with Gasteiger partial charge in [-0.2, -0.15) is 0 Å². The zero-order chi connectivity index (χ0) is 28.8. The van der Waals surface area contributed by atoms with Crippen LogP contribution in [0.25, 0.3) is 0 Å². The molecule has 6 nitrogen and oxygen atoms in total. The lowest BCUT2D eigenvalue weighted by Crippen LogP contribution is -2.48. The lowest BCUT2D eigenvalue weighted by Gasteiger charge is -2.15. The molecule has 1 unspecified atom stereocenters. The number of amides is 2. The summed E-state index contributed by atoms with van der Waals surface area (Å²) in [6, 6.07) is -1.07. The van der Waals surface area contributed by atoms with Crippen molar-refractivity contribution in [2.24, 2.45) is 0 Å². The van der Waals surface area contributed by atoms with Gasteiger partial charge in [-0.1, -0.05) is 155 Å². The minimum atomic E-state index is -1.11. The molecule has 0 saturated heterocycles. The maximum Gasteiger partial charge on any atom is 0.328 e. The van der Waals surface area contributed by atoms with Gasteiger partial charge in [-0.15, -0.1) is 0 Å². The molecule has 1 atom stereocenters. The SMILES string of the molecule is CCCCCCCCCCCCCCCC(=O)NC(CNC(=O)CCCCCCCCCCCCC)C(=O)O. The summed E-state index contributed by atoms with van der Waals surface area (Å²) in [5.41, 5.74) is 0. The van der Waals surface area contributed by atoms with Gasteiger partial charge >= 0.3 is 5.97 Å². The number of carbonyl (C=O) groups is 3. The van der Waals surface area contributed by atoms with Crippen LogP contribution in [0.2, 0.25) is 0 Å². The highest BCUT2D eigenvalue weighted by molar-refractivity contribution is 5.84. The number of nitrogens with one attached hydrogen (secondary N) is 2. The Balaban J connectivity index is 3.68. The summed E-state index contributed by atoms with van der Waals surface area (Å²) < 4.78 is 0. The number of carboxylic acid groups (broad SMARTS) is 1. The molecule has 0 saturated carbocycles. The number of aliphatic carboxylic acids is 1. The number of unbranched alkanes of at least 4 members (excludes halogenated alkanes) is 22. The molecular formula is C33H64N2O4. The van der Waals surface area contributed by atoms with E-state index in [1.54, 1.807) is 0 Å². The van der Waals surface area contributed by atoms with E-state index in [4.69, 9.17) is 0 Å². The van der Waals surface area contributed by atoms with Crippen molar-refractivity contribution < 1.29 is 19.5 Å². The first-order valence-corrected chi connectivity index (χ1v) is 16.8. The number of hydrogen-bond donors (Lipinski definition) is 3. The topological polar surface area (TPSA) is 95.5 Å². The first-order valence-electron chi connectivity index (χ1n) is 16.8. The Kier molecular flexibility index (Phi) is 28.2. The third kappa shape index (κ3) is 27.8. The highest BCUT2D eigenvalue weighted by Crippen LogP contribution is 2.14. The van der Waals surface area contributed by atoms with Crippen LogP contribution in [0.4, 0.5) is 0 Å². The Labute approximate surface area is 241 Å². The summed E-state index contributed by atoms with van der Waals surface area (Å²) in [7, 11) is 0. The molecule has 6 heteroatoms. The van der Waals surface area contributed by atoms with Gasteiger partial charge in [-0.25, -0.2) is 4.79 Å². The molecule has 0 aliphatic heterocycles. The van der Waals surface area contributed by atoms with Gasteiger partial charge in [-0.05, 0) is 12.8 Å². The predicted molar refractivity (Wildman–Crippen MR) is 164 cm³/mol. The van der Waals surface area contributed by atoms with Crippen LogP contribution in [0, 0.1) is 0 Å². The molecule has 0 spiro atoms. The second kappa shape index (κ2) is 29.4. The molecule has 3 N–H and O–H groups in total. The first kappa shape index (κ1) is 37.4. The fraction of sp³-hybridized carbons (Fsp3) is 0.909. The highest BCUT2D eigenvalue weighted by Gasteiger charge is 2.20. The summed E-state index contributed by atoms with van der Waals surface area (Å²) in [5.74, 6) is -1.49. The lowest BCUT2D eigenvalue weighted by atomic mass is 10.0. The lowest BCUT2D eigenvalue weighted by molar-refractivity contribution is -0.141. The van der Waals surface area contributed by atoms with Crippen LogP contribution in [0.1, 0.15) is 181 Å². The van der Waals surface area contributed by atoms with Crippen molar-refractivity contribution in [1.29, 1.82) is 0 Å². The summed E-state index contributed by atoms with van der Waals surface area (Å²) in [5, 5.41) is 14.7. The summed E-state index contributed by atoms with van der Waals surface area (Å²) >= 11 is 0. The van der Waals surface area contributed by atoms with E-state index in [9.17, 15) is 19.5 Å². The van der Waals surface area contributed by atoms with Gasteiger partial charge in [-0.3, -0.25) is 9.59 Å². The van der Waals surface area contributed by atoms with Gasteiger partial charge in [0.1, 0.15) is 6.04 Å². The first-order chi connectivity index (χ1) is 19.0. The number of rotatable bonds is 30. The van der Waals surface area contributed by atoms with Crippen LogP contribution in [0.15, 0.2) is 0 Å². The normalized spacial score (nSPS) is 11.8. The van der Waals surface area contributed by atoms with Crippen LogP contribution in [-0.4, -0.2) is 35.5 Å². The van der Waals surface area contributed by atoms with Crippen molar-refractivity contribution in [3.63, 3.8) is 0 Å². The molecule has 0 aromatic carbocycles. The van der Waals surface area contributed by atoms with E-state index in [-0.39, 0.29) is 18.4 Å². The van der Waals surface area contributed by atoms with Crippen LogP contribution in [0.5, 0.6) is 0 Å². The van der Waals surface area contributed by atoms with Crippen LogP contribution in [-0.2, 0) is 14.4 Å². The molecule has 0 heterocycles. The zero-order valence-corrected chi connectivity index (χ0v) is 25.8. The summed E-state index contributed by atoms with van der Waals surface area (Å²) in [6.07, 6.45) is 30.4. The van der Waals surface area contributed by atoms with Gasteiger partial charge in [0.15, 0.2) is 0 Å². The van der Waals surface area contributed by atoms with Crippen LogP contribution < -0.4 is 10.6 Å². The molecule has 0 radical (unpaired) electrons. The van der Waals surface area contributed by atoms with E-state index in [2.05, 4.69) is 24.5 Å². The van der Waals surface area contributed by atoms with Crippen molar-refractivity contribution in [2.75, 3.05) is 6.54 Å². The fourth-order valence-corrected chi connectivity index (χ4v) is 5.02. The molecular weight excluding hydrogens is 488 g/mol. The maximum absolute atomic E-state index is 12.2. The second-order valence-corrected chi connectivity index (χ2v) is 11.5. The fourth-order valence-electron chi connectivity index (χ4n) is 5.02. The Morgan fingerprint density at radius 1 is 0.487 bits per heavy atom. The molecule has 0 rings (SSSR count). The van der Waals surface area contributed by atoms with E-state index in [0.29, 0.717) is 12.8 Å². The quantitative estimate of drug-likeness (QED) is 0.0775. The number of carboxylic acids is 1. The molecule has 0 fully saturated rings. The number of carbonyl (C=O) groups excluding carboxylic acids is 2. The Hall–Kier alpha value is -1.59. The molecule has 39 heavy (non-hydrogen) atoms. The van der Waals surface area contributed by atoms with Crippen molar-refractivity contribution >= 4 is 17.8 Å². The van der Waals surface area contributed by atoms with Gasteiger partial charge in [0.05, 0.1) is 0 Å². The van der Waals surface area contributed by atoms with Gasteiger partial charge in [0.2, 0.25) is 11.8 Å². The Morgan fingerprint density at radius 2 is 0.795 bits per heavy atom. The monoisotopic (exact) mass is 552 g/mol. The van der Waals surface area contributed by atoms with Gasteiger partial charge in [0.25, 0.3) is 0 Å². The molecule has 0 aromatic heterocycles. The van der Waals surface area contributed by atoms with Gasteiger partial charge in [0, 0.05) is 19.4 Å². The second-order valence-electron chi connectivity index (χ2n) is 11.5. The highest BCUT2D eigenvalue weighted by atomic mass is 16.4. The summed E-state index contributed by atoms with van der Waals surface area (Å²) in [6.45, 7) is 4.43. The molecule has 230 valence electrons. The van der Waals surface area contributed by atoms with Gasteiger partial charge < -0.3 is 15.7 Å². The Bertz CT molecular complexity index is 582. The average Bonchev–Trinajstić information content (AvgIpc) is 2.92. The average molecular weight is 553 g/mol. The van der Waals surface area contributed by atoms with Crippen LogP contribution >= 0.6 is 0 Å². The van der Waals surface area contributed by atoms with Crippen molar-refractivity contribution in [3.05, 3.63) is 0 Å². The molecule has 0 bridgehead atoms. The maximum atomic E-state index is 12.2. The molecule has 0 aliphatic rings. The van der Waals surface area contributed by atoms with Crippen LogP contribution in [0.3, 0.4) is 0 Å². The predicted octanol–water partition coefficient (Wildman–Crippen LogP) is 8.85.